The first-order chi connectivity index (χ1) is 5.72. The molecule has 0 heterocycles. The second kappa shape index (κ2) is 4.43. The van der Waals surface area contributed by atoms with Crippen LogP contribution in [0.2, 0.25) is 0 Å². The summed E-state index contributed by atoms with van der Waals surface area (Å²) >= 11 is 0. The zero-order valence-electron chi connectivity index (χ0n) is 8.37. The number of nitrogens with one attached hydrogen (secondary N) is 1. The van der Waals surface area contributed by atoms with Crippen LogP contribution in [0, 0.1) is 0 Å². The molecule has 78 valence electrons. The monoisotopic (exact) mass is 191 g/mol. The van der Waals surface area contributed by atoms with E-state index in [1.54, 1.807) is 20.8 Å². The number of hydrogen-bond donors (Lipinski definition) is 3. The number of carbonyl (C=O) groups is 1. The number of aliphatic hydroxyl groups excluding tert-OH is 2. The zero-order chi connectivity index (χ0) is 10.6. The normalized spacial score (nSPS) is 16.2. The van der Waals surface area contributed by atoms with E-state index in [0.29, 0.717) is 0 Å². The van der Waals surface area contributed by atoms with E-state index in [0.717, 1.165) is 0 Å². The molecule has 0 rings (SSSR count). The second-order valence-corrected chi connectivity index (χ2v) is 3.83. The van der Waals surface area contributed by atoms with Gasteiger partial charge in [0.25, 0.3) is 0 Å². The van der Waals surface area contributed by atoms with Crippen molar-refractivity contribution >= 4 is 6.09 Å². The summed E-state index contributed by atoms with van der Waals surface area (Å²) in [6.07, 6.45) is -3.07. The van der Waals surface area contributed by atoms with Crippen LogP contribution in [-0.4, -0.2) is 34.2 Å². The summed E-state index contributed by atoms with van der Waals surface area (Å²) in [6, 6.07) is 0. The predicted molar refractivity (Wildman–Crippen MR) is 47.1 cm³/mol. The second-order valence-electron chi connectivity index (χ2n) is 3.83. The van der Waals surface area contributed by atoms with E-state index in [-0.39, 0.29) is 0 Å². The lowest BCUT2D eigenvalue weighted by Crippen LogP contribution is -2.44. The van der Waals surface area contributed by atoms with Crippen LogP contribution in [-0.2, 0) is 4.74 Å². The van der Waals surface area contributed by atoms with E-state index in [1.165, 1.54) is 6.92 Å². The topological polar surface area (TPSA) is 78.8 Å². The Balaban J connectivity index is 3.89. The standard InChI is InChI=1S/C8H17NO4/c1-5(10)6(11)9-7(12)13-8(2,3)4/h5-6,10-11H,1-4H3,(H,9,12). The largest absolute Gasteiger partial charge is 0.444 e. The summed E-state index contributed by atoms with van der Waals surface area (Å²) in [4.78, 5) is 11.0. The van der Waals surface area contributed by atoms with Crippen LogP contribution in [0.4, 0.5) is 4.79 Å². The fraction of sp³-hybridized carbons (Fsp3) is 0.875. The van der Waals surface area contributed by atoms with Crippen LogP contribution in [0.1, 0.15) is 27.7 Å². The van der Waals surface area contributed by atoms with Crippen LogP contribution in [0.25, 0.3) is 0 Å². The molecule has 0 aliphatic heterocycles. The number of aliphatic hydroxyl groups is 2. The van der Waals surface area contributed by atoms with E-state index < -0.39 is 24.0 Å². The molecule has 5 nitrogen and oxygen atoms in total. The maximum Gasteiger partial charge on any atom is 0.409 e. The van der Waals surface area contributed by atoms with Gasteiger partial charge in [0, 0.05) is 0 Å². The van der Waals surface area contributed by atoms with Crippen molar-refractivity contribution in [3.8, 4) is 0 Å². The van der Waals surface area contributed by atoms with E-state index in [2.05, 4.69) is 5.32 Å². The van der Waals surface area contributed by atoms with Gasteiger partial charge in [0.2, 0.25) is 0 Å². The highest BCUT2D eigenvalue weighted by molar-refractivity contribution is 5.67. The summed E-state index contributed by atoms with van der Waals surface area (Å²) in [5.41, 5.74) is -0.609. The molecule has 0 aromatic rings. The Labute approximate surface area is 77.7 Å². The molecule has 13 heavy (non-hydrogen) atoms. The third-order valence-electron chi connectivity index (χ3n) is 1.12. The smallest absolute Gasteiger partial charge is 0.409 e. The van der Waals surface area contributed by atoms with Gasteiger partial charge in [0.1, 0.15) is 5.60 Å². The minimum Gasteiger partial charge on any atom is -0.444 e. The van der Waals surface area contributed by atoms with Gasteiger partial charge in [-0.2, -0.15) is 0 Å². The number of ether oxygens (including phenoxy) is 1. The van der Waals surface area contributed by atoms with Gasteiger partial charge >= 0.3 is 6.09 Å². The average Bonchev–Trinajstić information content (AvgIpc) is 1.81. The van der Waals surface area contributed by atoms with Crippen molar-refractivity contribution in [2.24, 2.45) is 0 Å². The van der Waals surface area contributed by atoms with Crippen LogP contribution in [0.5, 0.6) is 0 Å². The minimum absolute atomic E-state index is 0.609. The third kappa shape index (κ3) is 6.36. The molecule has 0 aromatic carbocycles. The molecule has 0 aromatic heterocycles. The summed E-state index contributed by atoms with van der Waals surface area (Å²) < 4.78 is 4.84. The maximum atomic E-state index is 11.0. The average molecular weight is 191 g/mol. The number of hydrogen-bond acceptors (Lipinski definition) is 4. The van der Waals surface area contributed by atoms with Gasteiger partial charge in [-0.05, 0) is 27.7 Å². The molecule has 0 aliphatic carbocycles. The summed E-state index contributed by atoms with van der Waals surface area (Å²) in [5.74, 6) is 0. The lowest BCUT2D eigenvalue weighted by atomic mass is 10.2. The van der Waals surface area contributed by atoms with Crippen molar-refractivity contribution in [3.05, 3.63) is 0 Å². The first-order valence-corrected chi connectivity index (χ1v) is 4.08. The highest BCUT2D eigenvalue weighted by Gasteiger charge is 2.19. The third-order valence-corrected chi connectivity index (χ3v) is 1.12. The van der Waals surface area contributed by atoms with Crippen molar-refractivity contribution in [1.82, 2.24) is 5.32 Å². The maximum absolute atomic E-state index is 11.0. The van der Waals surface area contributed by atoms with Crippen molar-refractivity contribution in [1.29, 1.82) is 0 Å². The molecule has 0 radical (unpaired) electrons. The first-order valence-electron chi connectivity index (χ1n) is 4.08. The predicted octanol–water partition coefficient (Wildman–Crippen LogP) is 0.210. The van der Waals surface area contributed by atoms with Gasteiger partial charge in [0.15, 0.2) is 6.23 Å². The lowest BCUT2D eigenvalue weighted by Gasteiger charge is -2.22. The van der Waals surface area contributed by atoms with Gasteiger partial charge in [-0.15, -0.1) is 0 Å². The van der Waals surface area contributed by atoms with Gasteiger partial charge in [-0.3, -0.25) is 5.32 Å². The fourth-order valence-electron chi connectivity index (χ4n) is 0.549. The van der Waals surface area contributed by atoms with E-state index in [1.807, 2.05) is 0 Å². The Bertz CT molecular complexity index is 173. The number of rotatable bonds is 2. The van der Waals surface area contributed by atoms with Crippen molar-refractivity contribution < 1.29 is 19.7 Å². The fourth-order valence-corrected chi connectivity index (χ4v) is 0.549. The molecule has 0 saturated carbocycles. The molecule has 0 fully saturated rings. The lowest BCUT2D eigenvalue weighted by molar-refractivity contribution is -0.00686. The minimum atomic E-state index is -1.30. The SMILES string of the molecule is CC(O)C(O)NC(=O)OC(C)(C)C. The Morgan fingerprint density at radius 3 is 2.15 bits per heavy atom. The van der Waals surface area contributed by atoms with Crippen molar-refractivity contribution in [2.45, 2.75) is 45.6 Å². The molecule has 0 aliphatic rings. The van der Waals surface area contributed by atoms with Gasteiger partial charge in [0.05, 0.1) is 6.10 Å². The molecular weight excluding hydrogens is 174 g/mol. The van der Waals surface area contributed by atoms with Gasteiger partial charge < -0.3 is 14.9 Å². The molecule has 2 atom stereocenters. The van der Waals surface area contributed by atoms with Crippen LogP contribution < -0.4 is 5.32 Å². The van der Waals surface area contributed by atoms with E-state index in [9.17, 15) is 4.79 Å². The Kier molecular flexibility index (Phi) is 4.16. The van der Waals surface area contributed by atoms with Crippen LogP contribution in [0.3, 0.4) is 0 Å². The first kappa shape index (κ1) is 12.2. The Hall–Kier alpha value is -0.810. The Morgan fingerprint density at radius 2 is 1.85 bits per heavy atom. The van der Waals surface area contributed by atoms with Crippen molar-refractivity contribution in [3.63, 3.8) is 0 Å². The molecule has 3 N–H and O–H groups in total. The van der Waals surface area contributed by atoms with Crippen LogP contribution >= 0.6 is 0 Å². The molecule has 0 spiro atoms. The van der Waals surface area contributed by atoms with Gasteiger partial charge in [-0.25, -0.2) is 4.79 Å². The highest BCUT2D eigenvalue weighted by Crippen LogP contribution is 2.06. The molecule has 2 unspecified atom stereocenters. The summed E-state index contributed by atoms with van der Waals surface area (Å²) in [5, 5.41) is 20.0. The molecule has 0 saturated heterocycles. The molecular formula is C8H17NO4. The van der Waals surface area contributed by atoms with Crippen LogP contribution in [0.15, 0.2) is 0 Å². The molecule has 0 bridgehead atoms. The summed E-state index contributed by atoms with van der Waals surface area (Å²) in [7, 11) is 0. The number of carbonyl (C=O) groups excluding carboxylic acids is 1. The quantitative estimate of drug-likeness (QED) is 0.545. The van der Waals surface area contributed by atoms with E-state index >= 15 is 0 Å². The summed E-state index contributed by atoms with van der Waals surface area (Å²) in [6.45, 7) is 6.49. The number of amides is 1. The number of alkyl carbamates (subject to hydrolysis) is 1. The van der Waals surface area contributed by atoms with Gasteiger partial charge in [-0.1, -0.05) is 0 Å². The highest BCUT2D eigenvalue weighted by atomic mass is 16.6. The molecule has 1 amide bonds. The molecule has 5 heteroatoms. The van der Waals surface area contributed by atoms with Crippen molar-refractivity contribution in [2.75, 3.05) is 0 Å². The van der Waals surface area contributed by atoms with E-state index in [4.69, 9.17) is 14.9 Å². The Morgan fingerprint density at radius 1 is 1.38 bits per heavy atom. The zero-order valence-corrected chi connectivity index (χ0v) is 8.37.